The van der Waals surface area contributed by atoms with Crippen LogP contribution in [0, 0.1) is 11.6 Å². The van der Waals surface area contributed by atoms with Crippen molar-refractivity contribution in [2.75, 3.05) is 0 Å². The minimum absolute atomic E-state index is 0.0162. The van der Waals surface area contributed by atoms with Crippen LogP contribution in [0.25, 0.3) is 34.0 Å². The van der Waals surface area contributed by atoms with E-state index >= 15 is 0 Å². The molecular weight excluding hydrogens is 445 g/mol. The Kier molecular flexibility index (Phi) is 4.92. The molecule has 0 amide bonds. The van der Waals surface area contributed by atoms with Crippen molar-refractivity contribution in [2.24, 2.45) is 0 Å². The molecule has 3 aromatic rings. The highest BCUT2D eigenvalue weighted by Gasteiger charge is 2.18. The van der Waals surface area contributed by atoms with Crippen LogP contribution in [0.2, 0.25) is 10.0 Å². The van der Waals surface area contributed by atoms with Gasteiger partial charge in [0.05, 0.1) is 22.8 Å². The summed E-state index contributed by atoms with van der Waals surface area (Å²) < 4.78 is 34.9. The molecule has 0 spiro atoms. The number of halogens is 4. The molecule has 5 rings (SSSR count). The maximum absolute atomic E-state index is 14.1. The van der Waals surface area contributed by atoms with E-state index in [9.17, 15) is 8.78 Å². The van der Waals surface area contributed by atoms with Crippen molar-refractivity contribution in [1.29, 1.82) is 0 Å². The van der Waals surface area contributed by atoms with Gasteiger partial charge in [0.2, 0.25) is 0 Å². The lowest BCUT2D eigenvalue weighted by Crippen LogP contribution is -1.99. The number of rotatable bonds is 4. The summed E-state index contributed by atoms with van der Waals surface area (Å²) in [6, 6.07) is 12.6. The molecule has 31 heavy (non-hydrogen) atoms. The Morgan fingerprint density at radius 3 is 2.58 bits per heavy atom. The molecule has 0 aliphatic carbocycles. The van der Waals surface area contributed by atoms with Crippen LogP contribution in [-0.2, 0) is 6.54 Å². The van der Waals surface area contributed by atoms with Gasteiger partial charge in [-0.25, -0.2) is 18.7 Å². The summed E-state index contributed by atoms with van der Waals surface area (Å²) >= 11 is 12.2. The lowest BCUT2D eigenvalue weighted by molar-refractivity contribution is 0.378. The average molecular weight is 457 g/mol. The normalized spacial score (nSPS) is 11.4. The quantitative estimate of drug-likeness (QED) is 0.316. The van der Waals surface area contributed by atoms with Gasteiger partial charge < -0.3 is 9.09 Å². The first-order valence-corrected chi connectivity index (χ1v) is 9.92. The van der Waals surface area contributed by atoms with Crippen molar-refractivity contribution in [2.45, 2.75) is 6.54 Å². The molecule has 3 heterocycles. The fourth-order valence-corrected chi connectivity index (χ4v) is 3.74. The van der Waals surface area contributed by atoms with Crippen molar-refractivity contribution >= 4 is 23.2 Å². The summed E-state index contributed by atoms with van der Waals surface area (Å²) in [5, 5.41) is 5.09. The van der Waals surface area contributed by atoms with Crippen LogP contribution in [0.1, 0.15) is 5.76 Å². The molecule has 0 unspecified atom stereocenters. The average Bonchev–Trinajstić information content (AvgIpc) is 3.37. The van der Waals surface area contributed by atoms with Crippen LogP contribution in [0.5, 0.6) is 0 Å². The number of benzene rings is 2. The fourth-order valence-electron chi connectivity index (χ4n) is 3.24. The number of nitrogens with zero attached hydrogens (tertiary/aromatic N) is 4. The second kappa shape index (κ2) is 7.76. The molecule has 2 aliphatic rings. The van der Waals surface area contributed by atoms with E-state index in [-0.39, 0.29) is 11.4 Å². The zero-order valence-corrected chi connectivity index (χ0v) is 17.2. The molecule has 2 aliphatic heterocycles. The lowest BCUT2D eigenvalue weighted by Gasteiger charge is -2.04. The van der Waals surface area contributed by atoms with Crippen molar-refractivity contribution in [3.63, 3.8) is 0 Å². The molecule has 9 heteroatoms. The standard InChI is InChI=1S/C22H12Cl2F2N4O/c23-12-4-5-14(16(24)8-12)19-9-13(31-29-19)10-30-7-6-18-20(11-30)28-22(27-18)15-2-1-3-17(25)21(15)26/h1-9,11H,10H2. The van der Waals surface area contributed by atoms with Crippen molar-refractivity contribution in [3.8, 4) is 34.0 Å². The SMILES string of the molecule is Fc1cccc(-c2nc3ccn(Cc4cc(-c5ccc(Cl)cc5Cl)no4)cc-3n2)c1F. The van der Waals surface area contributed by atoms with Crippen LogP contribution in [0.3, 0.4) is 0 Å². The van der Waals surface area contributed by atoms with Gasteiger partial charge in [-0.3, -0.25) is 0 Å². The van der Waals surface area contributed by atoms with Crippen LogP contribution in [0.4, 0.5) is 8.78 Å². The minimum atomic E-state index is -0.972. The molecule has 154 valence electrons. The first-order valence-electron chi connectivity index (χ1n) is 9.17. The second-order valence-corrected chi connectivity index (χ2v) is 7.68. The molecule has 0 N–H and O–H groups in total. The number of hydrogen-bond donors (Lipinski definition) is 0. The highest BCUT2D eigenvalue weighted by atomic mass is 35.5. The summed E-state index contributed by atoms with van der Waals surface area (Å²) in [6.45, 7) is 0.380. The molecule has 5 nitrogen and oxygen atoms in total. The number of imidazole rings is 1. The first-order chi connectivity index (χ1) is 15.0. The van der Waals surface area contributed by atoms with Crippen molar-refractivity contribution < 1.29 is 13.3 Å². The topological polar surface area (TPSA) is 56.7 Å². The van der Waals surface area contributed by atoms with Gasteiger partial charge >= 0.3 is 0 Å². The number of pyridine rings is 1. The molecule has 0 atom stereocenters. The third-order valence-electron chi connectivity index (χ3n) is 4.72. The van der Waals surface area contributed by atoms with E-state index in [0.29, 0.717) is 45.0 Å². The Hall–Kier alpha value is -3.29. The largest absolute Gasteiger partial charge is 0.359 e. The zero-order chi connectivity index (χ0) is 21.5. The van der Waals surface area contributed by atoms with E-state index in [2.05, 4.69) is 15.1 Å². The van der Waals surface area contributed by atoms with Gasteiger partial charge in [-0.05, 0) is 36.4 Å². The number of hydrogen-bond acceptors (Lipinski definition) is 4. The van der Waals surface area contributed by atoms with Gasteiger partial charge in [-0.2, -0.15) is 0 Å². The fraction of sp³-hybridized carbons (Fsp3) is 0.0455. The summed E-state index contributed by atoms with van der Waals surface area (Å²) in [5.41, 5.74) is 2.44. The van der Waals surface area contributed by atoms with E-state index in [1.54, 1.807) is 42.7 Å². The Labute approximate surface area is 185 Å². The predicted molar refractivity (Wildman–Crippen MR) is 113 cm³/mol. The van der Waals surface area contributed by atoms with E-state index in [1.165, 1.54) is 12.1 Å². The van der Waals surface area contributed by atoms with E-state index in [0.717, 1.165) is 6.07 Å². The van der Waals surface area contributed by atoms with Crippen LogP contribution >= 0.6 is 23.2 Å². The van der Waals surface area contributed by atoms with Gasteiger partial charge in [0.15, 0.2) is 23.2 Å². The Morgan fingerprint density at radius 2 is 1.74 bits per heavy atom. The molecule has 2 aromatic carbocycles. The van der Waals surface area contributed by atoms with Crippen LogP contribution in [-0.4, -0.2) is 19.7 Å². The second-order valence-electron chi connectivity index (χ2n) is 6.84. The van der Waals surface area contributed by atoms with E-state index in [4.69, 9.17) is 27.7 Å². The minimum Gasteiger partial charge on any atom is -0.359 e. The third-order valence-corrected chi connectivity index (χ3v) is 5.27. The molecular formula is C22H12Cl2F2N4O. The number of fused-ring (bicyclic) bond motifs is 1. The van der Waals surface area contributed by atoms with Gasteiger partial charge in [0.25, 0.3) is 0 Å². The predicted octanol–water partition coefficient (Wildman–Crippen LogP) is 6.34. The molecule has 0 fully saturated rings. The first kappa shape index (κ1) is 19.7. The molecule has 0 saturated heterocycles. The van der Waals surface area contributed by atoms with E-state index < -0.39 is 11.6 Å². The van der Waals surface area contributed by atoms with E-state index in [1.807, 2.05) is 4.57 Å². The zero-order valence-electron chi connectivity index (χ0n) is 15.7. The summed E-state index contributed by atoms with van der Waals surface area (Å²) in [4.78, 5) is 8.65. The molecule has 0 bridgehead atoms. The summed E-state index contributed by atoms with van der Waals surface area (Å²) in [6.07, 6.45) is 3.54. The lowest BCUT2D eigenvalue weighted by atomic mass is 10.1. The molecule has 0 radical (unpaired) electrons. The smallest absolute Gasteiger partial charge is 0.169 e. The van der Waals surface area contributed by atoms with Gasteiger partial charge in [-0.1, -0.05) is 34.4 Å². The Bertz CT molecular complexity index is 1380. The molecule has 0 saturated carbocycles. The maximum Gasteiger partial charge on any atom is 0.169 e. The van der Waals surface area contributed by atoms with Crippen LogP contribution in [0.15, 0.2) is 65.4 Å². The summed E-state index contributed by atoms with van der Waals surface area (Å²) in [5.74, 6) is -1.19. The number of aromatic nitrogens is 4. The summed E-state index contributed by atoms with van der Waals surface area (Å²) in [7, 11) is 0. The van der Waals surface area contributed by atoms with Gasteiger partial charge in [-0.15, -0.1) is 0 Å². The Morgan fingerprint density at radius 1 is 0.903 bits per heavy atom. The maximum atomic E-state index is 14.1. The third kappa shape index (κ3) is 3.78. The van der Waals surface area contributed by atoms with Gasteiger partial charge in [0, 0.05) is 29.0 Å². The van der Waals surface area contributed by atoms with Crippen molar-refractivity contribution in [1.82, 2.24) is 19.7 Å². The highest BCUT2D eigenvalue weighted by molar-refractivity contribution is 6.36. The monoisotopic (exact) mass is 456 g/mol. The van der Waals surface area contributed by atoms with Gasteiger partial charge in [0.1, 0.15) is 11.4 Å². The Balaban J connectivity index is 1.42. The van der Waals surface area contributed by atoms with Crippen LogP contribution < -0.4 is 0 Å². The van der Waals surface area contributed by atoms with Crippen molar-refractivity contribution in [3.05, 3.63) is 88.4 Å². The molecule has 1 aromatic heterocycles. The highest BCUT2D eigenvalue weighted by Crippen LogP contribution is 2.31.